The average Bonchev–Trinajstić information content (AvgIpc) is 2.90. The second-order valence-electron chi connectivity index (χ2n) is 7.31. The lowest BCUT2D eigenvalue weighted by molar-refractivity contribution is -0.137. The molecular weight excluding hydrogens is 419 g/mol. The summed E-state index contributed by atoms with van der Waals surface area (Å²) in [5, 5.41) is -0.261. The number of imide groups is 1. The van der Waals surface area contributed by atoms with Crippen molar-refractivity contribution in [1.29, 1.82) is 0 Å². The second kappa shape index (κ2) is 8.52. The van der Waals surface area contributed by atoms with E-state index in [2.05, 4.69) is 0 Å². The molecular formula is C22H19ClF3NO3. The lowest BCUT2D eigenvalue weighted by Gasteiger charge is -2.16. The lowest BCUT2D eigenvalue weighted by Crippen LogP contribution is -2.30. The van der Waals surface area contributed by atoms with Crippen molar-refractivity contribution in [3.63, 3.8) is 0 Å². The van der Waals surface area contributed by atoms with E-state index in [9.17, 15) is 22.8 Å². The van der Waals surface area contributed by atoms with Gasteiger partial charge in [0.05, 0.1) is 24.3 Å². The van der Waals surface area contributed by atoms with E-state index in [1.54, 1.807) is 24.3 Å². The summed E-state index contributed by atoms with van der Waals surface area (Å²) in [7, 11) is 0. The number of ether oxygens (including phenoxy) is 1. The van der Waals surface area contributed by atoms with Crippen LogP contribution in [0.1, 0.15) is 30.5 Å². The van der Waals surface area contributed by atoms with Crippen molar-refractivity contribution < 1.29 is 27.5 Å². The number of hydrogen-bond donors (Lipinski definition) is 0. The summed E-state index contributed by atoms with van der Waals surface area (Å²) in [5.41, 5.74) is -0.226. The Kier molecular flexibility index (Phi) is 6.22. The minimum atomic E-state index is -4.52. The van der Waals surface area contributed by atoms with Crippen molar-refractivity contribution in [3.05, 3.63) is 70.3 Å². The highest BCUT2D eigenvalue weighted by Gasteiger charge is 2.38. The zero-order valence-corrected chi connectivity index (χ0v) is 17.1. The molecule has 0 bridgehead atoms. The lowest BCUT2D eigenvalue weighted by atomic mass is 10.1. The first kappa shape index (κ1) is 21.9. The number of halogens is 4. The molecule has 0 saturated heterocycles. The number of amides is 2. The van der Waals surface area contributed by atoms with E-state index in [0.29, 0.717) is 23.8 Å². The SMILES string of the molecule is CC(C)COc1ccc(C2=C(Cl)C(=O)N(Cc3cccc(C(F)(F)F)c3)C2=O)cc1. The molecule has 0 radical (unpaired) electrons. The predicted molar refractivity (Wildman–Crippen MR) is 107 cm³/mol. The molecule has 0 aromatic heterocycles. The number of carbonyl (C=O) groups excluding carboxylic acids is 2. The van der Waals surface area contributed by atoms with Gasteiger partial charge in [0.1, 0.15) is 10.8 Å². The minimum absolute atomic E-state index is 0.0176. The first-order valence-corrected chi connectivity index (χ1v) is 9.61. The summed E-state index contributed by atoms with van der Waals surface area (Å²) >= 11 is 6.12. The number of carbonyl (C=O) groups is 2. The molecule has 0 unspecified atom stereocenters. The number of rotatable bonds is 6. The van der Waals surface area contributed by atoms with Crippen molar-refractivity contribution >= 4 is 29.0 Å². The van der Waals surface area contributed by atoms with E-state index < -0.39 is 23.6 Å². The van der Waals surface area contributed by atoms with Gasteiger partial charge in [0.15, 0.2) is 0 Å². The summed E-state index contributed by atoms with van der Waals surface area (Å²) in [4.78, 5) is 26.2. The van der Waals surface area contributed by atoms with Crippen molar-refractivity contribution in [1.82, 2.24) is 4.90 Å². The normalized spacial score (nSPS) is 14.8. The third-order valence-corrected chi connectivity index (χ3v) is 4.78. The zero-order chi connectivity index (χ0) is 22.1. The molecule has 30 heavy (non-hydrogen) atoms. The summed E-state index contributed by atoms with van der Waals surface area (Å²) in [5.74, 6) is -0.436. The molecule has 4 nitrogen and oxygen atoms in total. The molecule has 158 valence electrons. The first-order valence-electron chi connectivity index (χ1n) is 9.23. The van der Waals surface area contributed by atoms with Crippen LogP contribution in [0.2, 0.25) is 0 Å². The zero-order valence-electron chi connectivity index (χ0n) is 16.3. The van der Waals surface area contributed by atoms with Crippen molar-refractivity contribution in [3.8, 4) is 5.75 Å². The Balaban J connectivity index is 1.80. The van der Waals surface area contributed by atoms with Crippen molar-refractivity contribution in [2.45, 2.75) is 26.6 Å². The topological polar surface area (TPSA) is 46.6 Å². The van der Waals surface area contributed by atoms with E-state index in [1.807, 2.05) is 13.8 Å². The third-order valence-electron chi connectivity index (χ3n) is 4.43. The van der Waals surface area contributed by atoms with Gasteiger partial charge in [-0.25, -0.2) is 0 Å². The molecule has 0 N–H and O–H groups in total. The Bertz CT molecular complexity index is 997. The Morgan fingerprint density at radius 3 is 2.30 bits per heavy atom. The third kappa shape index (κ3) is 4.67. The quantitative estimate of drug-likeness (QED) is 0.579. The molecule has 1 aliphatic rings. The molecule has 2 amide bonds. The van der Waals surface area contributed by atoms with Gasteiger partial charge in [0.25, 0.3) is 11.8 Å². The van der Waals surface area contributed by atoms with Gasteiger partial charge in [0.2, 0.25) is 0 Å². The Labute approximate surface area is 176 Å². The van der Waals surface area contributed by atoms with Crippen LogP contribution in [0.3, 0.4) is 0 Å². The van der Waals surface area contributed by atoms with Gasteiger partial charge >= 0.3 is 6.18 Å². The van der Waals surface area contributed by atoms with E-state index in [-0.39, 0.29) is 22.7 Å². The van der Waals surface area contributed by atoms with Crippen LogP contribution in [0.5, 0.6) is 5.75 Å². The Hall–Kier alpha value is -2.80. The average molecular weight is 438 g/mol. The molecule has 0 atom stereocenters. The highest BCUT2D eigenvalue weighted by molar-refractivity contribution is 6.55. The fraction of sp³-hybridized carbons (Fsp3) is 0.273. The van der Waals surface area contributed by atoms with Gasteiger partial charge in [-0.2, -0.15) is 13.2 Å². The molecule has 2 aromatic rings. The molecule has 0 fully saturated rings. The van der Waals surface area contributed by atoms with Crippen LogP contribution in [-0.4, -0.2) is 23.3 Å². The molecule has 2 aromatic carbocycles. The monoisotopic (exact) mass is 437 g/mol. The second-order valence-corrected chi connectivity index (χ2v) is 7.69. The van der Waals surface area contributed by atoms with E-state index in [1.165, 1.54) is 12.1 Å². The van der Waals surface area contributed by atoms with Crippen LogP contribution in [-0.2, 0) is 22.3 Å². The van der Waals surface area contributed by atoms with Crippen LogP contribution in [0.25, 0.3) is 5.57 Å². The molecule has 0 saturated carbocycles. The highest BCUT2D eigenvalue weighted by Crippen LogP contribution is 2.34. The number of nitrogens with zero attached hydrogens (tertiary/aromatic N) is 1. The maximum absolute atomic E-state index is 12.9. The van der Waals surface area contributed by atoms with Crippen molar-refractivity contribution in [2.75, 3.05) is 6.61 Å². The van der Waals surface area contributed by atoms with Crippen LogP contribution >= 0.6 is 11.6 Å². The smallest absolute Gasteiger partial charge is 0.416 e. The minimum Gasteiger partial charge on any atom is -0.493 e. The number of alkyl halides is 3. The highest BCUT2D eigenvalue weighted by atomic mass is 35.5. The van der Waals surface area contributed by atoms with Gasteiger partial charge in [0, 0.05) is 0 Å². The fourth-order valence-electron chi connectivity index (χ4n) is 2.95. The van der Waals surface area contributed by atoms with Gasteiger partial charge in [-0.1, -0.05) is 49.7 Å². The van der Waals surface area contributed by atoms with Gasteiger partial charge in [-0.05, 0) is 41.3 Å². The molecule has 0 spiro atoms. The number of benzene rings is 2. The predicted octanol–water partition coefficient (Wildman–Crippen LogP) is 5.26. The number of hydrogen-bond acceptors (Lipinski definition) is 3. The molecule has 1 heterocycles. The fourth-order valence-corrected chi connectivity index (χ4v) is 3.24. The maximum Gasteiger partial charge on any atom is 0.416 e. The van der Waals surface area contributed by atoms with Crippen LogP contribution in [0, 0.1) is 5.92 Å². The van der Waals surface area contributed by atoms with Gasteiger partial charge < -0.3 is 4.74 Å². The standard InChI is InChI=1S/C22H19ClF3NO3/c1-13(2)12-30-17-8-6-15(7-9-17)18-19(23)21(29)27(20(18)28)11-14-4-3-5-16(10-14)22(24,25)26/h3-10,13H,11-12H2,1-2H3. The van der Waals surface area contributed by atoms with Crippen LogP contribution in [0.15, 0.2) is 53.6 Å². The Morgan fingerprint density at radius 2 is 1.70 bits per heavy atom. The summed E-state index contributed by atoms with van der Waals surface area (Å²) in [6.45, 7) is 4.25. The first-order chi connectivity index (χ1) is 14.1. The summed E-state index contributed by atoms with van der Waals surface area (Å²) in [6, 6.07) is 11.1. The van der Waals surface area contributed by atoms with Crippen LogP contribution in [0.4, 0.5) is 13.2 Å². The largest absolute Gasteiger partial charge is 0.493 e. The van der Waals surface area contributed by atoms with E-state index in [4.69, 9.17) is 16.3 Å². The molecule has 0 aliphatic carbocycles. The molecule has 1 aliphatic heterocycles. The summed E-state index contributed by atoms with van der Waals surface area (Å²) < 4.78 is 44.4. The molecule has 8 heteroatoms. The van der Waals surface area contributed by atoms with Crippen LogP contribution < -0.4 is 4.74 Å². The summed E-state index contributed by atoms with van der Waals surface area (Å²) in [6.07, 6.45) is -4.52. The maximum atomic E-state index is 12.9. The van der Waals surface area contributed by atoms with Gasteiger partial charge in [-0.15, -0.1) is 0 Å². The van der Waals surface area contributed by atoms with E-state index in [0.717, 1.165) is 17.0 Å². The van der Waals surface area contributed by atoms with Gasteiger partial charge in [-0.3, -0.25) is 14.5 Å². The Morgan fingerprint density at radius 1 is 1.03 bits per heavy atom. The van der Waals surface area contributed by atoms with Crippen molar-refractivity contribution in [2.24, 2.45) is 5.92 Å². The molecule has 3 rings (SSSR count). The van der Waals surface area contributed by atoms with E-state index >= 15 is 0 Å².